The lowest BCUT2D eigenvalue weighted by Crippen LogP contribution is -2.52. The largest absolute Gasteiger partial charge is 0.496 e. The first-order chi connectivity index (χ1) is 9.37. The molecule has 0 saturated carbocycles. The maximum absolute atomic E-state index is 12.8. The van der Waals surface area contributed by atoms with E-state index < -0.39 is 10.0 Å². The molecule has 6 heteroatoms. The highest BCUT2D eigenvalue weighted by Crippen LogP contribution is 2.27. The molecule has 0 radical (unpaired) electrons. The standard InChI is InChI=1S/C14H21NO4S/c1-10-7-13(5-6-14(10)18-4)20(16,17)15-11(2)8-19-9-12(15)3/h5-7,11-12H,8-9H2,1-4H3. The lowest BCUT2D eigenvalue weighted by atomic mass is 10.2. The molecule has 1 aromatic carbocycles. The van der Waals surface area contributed by atoms with E-state index in [0.29, 0.717) is 23.9 Å². The maximum atomic E-state index is 12.8. The molecule has 112 valence electrons. The van der Waals surface area contributed by atoms with E-state index in [1.807, 2.05) is 20.8 Å². The van der Waals surface area contributed by atoms with Crippen LogP contribution in [0.2, 0.25) is 0 Å². The fourth-order valence-electron chi connectivity index (χ4n) is 2.60. The van der Waals surface area contributed by atoms with Gasteiger partial charge in [-0.05, 0) is 44.5 Å². The first-order valence-electron chi connectivity index (χ1n) is 6.64. The number of hydrogen-bond acceptors (Lipinski definition) is 4. The quantitative estimate of drug-likeness (QED) is 0.854. The highest BCUT2D eigenvalue weighted by atomic mass is 32.2. The minimum Gasteiger partial charge on any atom is -0.496 e. The summed E-state index contributed by atoms with van der Waals surface area (Å²) in [5.74, 6) is 0.687. The van der Waals surface area contributed by atoms with E-state index in [-0.39, 0.29) is 12.1 Å². The monoisotopic (exact) mass is 299 g/mol. The van der Waals surface area contributed by atoms with Gasteiger partial charge < -0.3 is 9.47 Å². The molecule has 1 heterocycles. The van der Waals surface area contributed by atoms with Crippen LogP contribution in [-0.2, 0) is 14.8 Å². The molecule has 0 aliphatic carbocycles. The van der Waals surface area contributed by atoms with E-state index in [4.69, 9.17) is 9.47 Å². The van der Waals surface area contributed by atoms with Crippen molar-refractivity contribution in [1.82, 2.24) is 4.31 Å². The second-order valence-electron chi connectivity index (χ2n) is 5.20. The molecule has 0 spiro atoms. The van der Waals surface area contributed by atoms with Gasteiger partial charge in [0.15, 0.2) is 0 Å². The number of nitrogens with zero attached hydrogens (tertiary/aromatic N) is 1. The summed E-state index contributed by atoms with van der Waals surface area (Å²) in [6, 6.07) is 4.62. The van der Waals surface area contributed by atoms with Gasteiger partial charge in [-0.1, -0.05) is 0 Å². The minimum absolute atomic E-state index is 0.161. The number of ether oxygens (including phenoxy) is 2. The number of methoxy groups -OCH3 is 1. The van der Waals surface area contributed by atoms with E-state index in [1.54, 1.807) is 25.3 Å². The van der Waals surface area contributed by atoms with Crippen molar-refractivity contribution in [2.24, 2.45) is 0 Å². The van der Waals surface area contributed by atoms with Crippen molar-refractivity contribution in [2.75, 3.05) is 20.3 Å². The molecule has 1 aliphatic heterocycles. The van der Waals surface area contributed by atoms with Crippen molar-refractivity contribution in [2.45, 2.75) is 37.8 Å². The Morgan fingerprint density at radius 3 is 2.35 bits per heavy atom. The van der Waals surface area contributed by atoms with Crippen LogP contribution in [0.3, 0.4) is 0 Å². The molecule has 2 unspecified atom stereocenters. The molecule has 1 aromatic rings. The van der Waals surface area contributed by atoms with Gasteiger partial charge in [0.2, 0.25) is 10.0 Å². The van der Waals surface area contributed by atoms with Crippen LogP contribution in [0.1, 0.15) is 19.4 Å². The number of sulfonamides is 1. The molecule has 1 aliphatic rings. The Labute approximate surface area is 120 Å². The van der Waals surface area contributed by atoms with E-state index in [1.165, 1.54) is 4.31 Å². The van der Waals surface area contributed by atoms with Gasteiger partial charge in [0, 0.05) is 12.1 Å². The third kappa shape index (κ3) is 2.68. The fraction of sp³-hybridized carbons (Fsp3) is 0.571. The predicted octanol–water partition coefficient (Wildman–Crippen LogP) is 1.80. The number of rotatable bonds is 3. The van der Waals surface area contributed by atoms with Gasteiger partial charge in [0.25, 0.3) is 0 Å². The molecular formula is C14H21NO4S. The highest BCUT2D eigenvalue weighted by Gasteiger charge is 2.36. The minimum atomic E-state index is -3.51. The molecule has 5 nitrogen and oxygen atoms in total. The summed E-state index contributed by atoms with van der Waals surface area (Å²) in [6.45, 7) is 6.43. The Balaban J connectivity index is 2.41. The molecule has 1 saturated heterocycles. The maximum Gasteiger partial charge on any atom is 0.243 e. The summed E-state index contributed by atoms with van der Waals surface area (Å²) in [5.41, 5.74) is 0.808. The SMILES string of the molecule is COc1ccc(S(=O)(=O)N2C(C)COCC2C)cc1C. The van der Waals surface area contributed by atoms with Crippen molar-refractivity contribution < 1.29 is 17.9 Å². The third-order valence-corrected chi connectivity index (χ3v) is 5.65. The first-order valence-corrected chi connectivity index (χ1v) is 8.08. The molecule has 0 aromatic heterocycles. The fourth-order valence-corrected chi connectivity index (χ4v) is 4.48. The molecular weight excluding hydrogens is 278 g/mol. The average Bonchev–Trinajstić information content (AvgIpc) is 2.38. The Morgan fingerprint density at radius 2 is 1.85 bits per heavy atom. The van der Waals surface area contributed by atoms with Gasteiger partial charge in [-0.3, -0.25) is 0 Å². The van der Waals surface area contributed by atoms with E-state index in [2.05, 4.69) is 0 Å². The highest BCUT2D eigenvalue weighted by molar-refractivity contribution is 7.89. The molecule has 0 bridgehead atoms. The van der Waals surface area contributed by atoms with Crippen LogP contribution in [0.4, 0.5) is 0 Å². The summed E-state index contributed by atoms with van der Waals surface area (Å²) in [5, 5.41) is 0. The zero-order valence-corrected chi connectivity index (χ0v) is 13.1. The second kappa shape index (κ2) is 5.71. The molecule has 0 N–H and O–H groups in total. The van der Waals surface area contributed by atoms with Crippen LogP contribution in [0.15, 0.2) is 23.1 Å². The van der Waals surface area contributed by atoms with Gasteiger partial charge in [-0.15, -0.1) is 0 Å². The lowest BCUT2D eigenvalue weighted by molar-refractivity contribution is 0.00636. The van der Waals surface area contributed by atoms with E-state index in [0.717, 1.165) is 5.56 Å². The Hall–Kier alpha value is -1.11. The van der Waals surface area contributed by atoms with Crippen LogP contribution in [0, 0.1) is 6.92 Å². The first kappa shape index (κ1) is 15.3. The summed E-state index contributed by atoms with van der Waals surface area (Å²) < 4.78 is 37.7. The van der Waals surface area contributed by atoms with Crippen molar-refractivity contribution in [3.8, 4) is 5.75 Å². The van der Waals surface area contributed by atoms with Gasteiger partial charge in [-0.2, -0.15) is 4.31 Å². The van der Waals surface area contributed by atoms with Gasteiger partial charge >= 0.3 is 0 Å². The number of benzene rings is 1. The van der Waals surface area contributed by atoms with Gasteiger partial charge in [0.1, 0.15) is 5.75 Å². The van der Waals surface area contributed by atoms with Gasteiger partial charge in [0.05, 0.1) is 25.2 Å². The van der Waals surface area contributed by atoms with Crippen LogP contribution >= 0.6 is 0 Å². The van der Waals surface area contributed by atoms with Crippen molar-refractivity contribution in [3.05, 3.63) is 23.8 Å². The van der Waals surface area contributed by atoms with Crippen LogP contribution in [-0.4, -0.2) is 45.1 Å². The molecule has 20 heavy (non-hydrogen) atoms. The Morgan fingerprint density at radius 1 is 1.25 bits per heavy atom. The smallest absolute Gasteiger partial charge is 0.243 e. The van der Waals surface area contributed by atoms with Gasteiger partial charge in [-0.25, -0.2) is 8.42 Å². The zero-order valence-electron chi connectivity index (χ0n) is 12.3. The number of hydrogen-bond donors (Lipinski definition) is 0. The topological polar surface area (TPSA) is 55.8 Å². The van der Waals surface area contributed by atoms with E-state index >= 15 is 0 Å². The summed E-state index contributed by atoms with van der Waals surface area (Å²) in [7, 11) is -1.94. The third-order valence-electron chi connectivity index (χ3n) is 3.53. The summed E-state index contributed by atoms with van der Waals surface area (Å²) in [4.78, 5) is 0.302. The molecule has 1 fully saturated rings. The molecule has 2 atom stereocenters. The normalized spacial score (nSPS) is 24.6. The Bertz CT molecular complexity index is 575. The zero-order chi connectivity index (χ0) is 14.9. The molecule has 0 amide bonds. The second-order valence-corrected chi connectivity index (χ2v) is 7.05. The van der Waals surface area contributed by atoms with Crippen LogP contribution < -0.4 is 4.74 Å². The number of aryl methyl sites for hydroxylation is 1. The predicted molar refractivity (Wildman–Crippen MR) is 76.5 cm³/mol. The summed E-state index contributed by atoms with van der Waals surface area (Å²) >= 11 is 0. The molecule has 2 rings (SSSR count). The summed E-state index contributed by atoms with van der Waals surface area (Å²) in [6.07, 6.45) is 0. The van der Waals surface area contributed by atoms with Crippen LogP contribution in [0.25, 0.3) is 0 Å². The average molecular weight is 299 g/mol. The van der Waals surface area contributed by atoms with E-state index in [9.17, 15) is 8.42 Å². The lowest BCUT2D eigenvalue weighted by Gasteiger charge is -2.37. The van der Waals surface area contributed by atoms with Crippen molar-refractivity contribution in [1.29, 1.82) is 0 Å². The van der Waals surface area contributed by atoms with Crippen molar-refractivity contribution >= 4 is 10.0 Å². The Kier molecular flexibility index (Phi) is 4.36. The van der Waals surface area contributed by atoms with Crippen molar-refractivity contribution in [3.63, 3.8) is 0 Å². The van der Waals surface area contributed by atoms with Crippen LogP contribution in [0.5, 0.6) is 5.75 Å². The number of morpholine rings is 1.